The quantitative estimate of drug-likeness (QED) is 0.194. The molecule has 3 N–H and O–H groups in total. The highest BCUT2D eigenvalue weighted by Crippen LogP contribution is 2.30. The number of aromatic amines is 1. The van der Waals surface area contributed by atoms with Crippen LogP contribution in [0.1, 0.15) is 16.1 Å². The van der Waals surface area contributed by atoms with E-state index in [1.807, 2.05) is 30.3 Å². The van der Waals surface area contributed by atoms with Gasteiger partial charge in [-0.05, 0) is 37.3 Å². The third-order valence-electron chi connectivity index (χ3n) is 5.56. The normalized spacial score (nSPS) is 10.7. The van der Waals surface area contributed by atoms with Crippen molar-refractivity contribution in [3.05, 3.63) is 110 Å². The monoisotopic (exact) mass is 525 g/mol. The van der Waals surface area contributed by atoms with E-state index in [0.29, 0.717) is 39.8 Å². The molecular formula is C26H19N7O4S. The molecule has 0 atom stereocenters. The molecule has 0 fully saturated rings. The minimum Gasteiger partial charge on any atom is -0.333 e. The van der Waals surface area contributed by atoms with E-state index in [9.17, 15) is 19.7 Å². The van der Waals surface area contributed by atoms with Gasteiger partial charge in [-0.1, -0.05) is 42.5 Å². The Bertz CT molecular complexity index is 1720. The van der Waals surface area contributed by atoms with Gasteiger partial charge >= 0.3 is 10.6 Å². The van der Waals surface area contributed by atoms with Crippen molar-refractivity contribution < 1.29 is 9.72 Å². The van der Waals surface area contributed by atoms with Gasteiger partial charge in [0.05, 0.1) is 22.0 Å². The van der Waals surface area contributed by atoms with Crippen LogP contribution in [0.2, 0.25) is 0 Å². The van der Waals surface area contributed by atoms with Gasteiger partial charge in [-0.2, -0.15) is 4.37 Å². The minimum atomic E-state index is -0.503. The first-order chi connectivity index (χ1) is 18.4. The van der Waals surface area contributed by atoms with E-state index < -0.39 is 10.8 Å². The molecule has 3 aromatic heterocycles. The Morgan fingerprint density at radius 3 is 2.47 bits per heavy atom. The van der Waals surface area contributed by atoms with Crippen molar-refractivity contribution in [1.82, 2.24) is 19.3 Å². The first-order valence-corrected chi connectivity index (χ1v) is 12.1. The fraction of sp³-hybridized carbons (Fsp3) is 0.0385. The lowest BCUT2D eigenvalue weighted by Gasteiger charge is -2.12. The average Bonchev–Trinajstić information content (AvgIpc) is 3.37. The van der Waals surface area contributed by atoms with Crippen molar-refractivity contribution in [2.75, 3.05) is 10.6 Å². The maximum atomic E-state index is 12.8. The van der Waals surface area contributed by atoms with Crippen molar-refractivity contribution in [3.8, 4) is 22.6 Å². The maximum Gasteiger partial charge on any atom is 0.323 e. The molecule has 0 unspecified atom stereocenters. The van der Waals surface area contributed by atoms with E-state index in [1.54, 1.807) is 49.4 Å². The van der Waals surface area contributed by atoms with Crippen molar-refractivity contribution in [1.29, 1.82) is 0 Å². The SMILES string of the molecule is Cc1nc(NC(=O)c2cccc(-c3nsc(=O)[nH]3)c2)ccc1Nc1nc(-c2ccccc2)ccc1[N+](=O)[O-]. The Labute approximate surface area is 219 Å². The molecule has 5 rings (SSSR count). The Kier molecular flexibility index (Phi) is 6.70. The number of benzene rings is 2. The number of aromatic nitrogens is 4. The van der Waals surface area contributed by atoms with Gasteiger partial charge in [0.15, 0.2) is 5.82 Å². The summed E-state index contributed by atoms with van der Waals surface area (Å²) in [5.41, 5.74) is 3.18. The average molecular weight is 526 g/mol. The lowest BCUT2D eigenvalue weighted by Crippen LogP contribution is -2.13. The molecule has 0 saturated heterocycles. The molecular weight excluding hydrogens is 506 g/mol. The lowest BCUT2D eigenvalue weighted by molar-refractivity contribution is -0.384. The summed E-state index contributed by atoms with van der Waals surface area (Å²) in [7, 11) is 0. The number of nitrogens with zero attached hydrogens (tertiary/aromatic N) is 4. The lowest BCUT2D eigenvalue weighted by atomic mass is 10.1. The molecule has 0 spiro atoms. The molecule has 2 aromatic carbocycles. The Balaban J connectivity index is 1.36. The second-order valence-corrected chi connectivity index (χ2v) is 8.86. The third kappa shape index (κ3) is 5.29. The molecule has 0 radical (unpaired) electrons. The van der Waals surface area contributed by atoms with Crippen LogP contribution in [-0.4, -0.2) is 30.2 Å². The van der Waals surface area contributed by atoms with Gasteiger partial charge in [0, 0.05) is 34.3 Å². The first kappa shape index (κ1) is 24.5. The van der Waals surface area contributed by atoms with E-state index in [-0.39, 0.29) is 16.4 Å². The maximum absolute atomic E-state index is 12.8. The van der Waals surface area contributed by atoms with Crippen LogP contribution in [-0.2, 0) is 0 Å². The number of anilines is 3. The van der Waals surface area contributed by atoms with Gasteiger partial charge in [-0.15, -0.1) is 0 Å². The summed E-state index contributed by atoms with van der Waals surface area (Å²) in [5, 5.41) is 17.4. The predicted octanol–water partition coefficient (Wildman–Crippen LogP) is 5.17. The molecule has 38 heavy (non-hydrogen) atoms. The van der Waals surface area contributed by atoms with Crippen LogP contribution in [0.4, 0.5) is 23.0 Å². The summed E-state index contributed by atoms with van der Waals surface area (Å²) < 4.78 is 4.04. The summed E-state index contributed by atoms with van der Waals surface area (Å²) in [4.78, 5) is 46.6. The Morgan fingerprint density at radius 2 is 1.76 bits per heavy atom. The molecule has 0 aliphatic rings. The number of hydrogen-bond acceptors (Lipinski definition) is 9. The summed E-state index contributed by atoms with van der Waals surface area (Å²) in [6, 6.07) is 22.3. The molecule has 12 heteroatoms. The number of nitro groups is 1. The summed E-state index contributed by atoms with van der Waals surface area (Å²) in [5.74, 6) is 0.365. The number of rotatable bonds is 7. The number of carbonyl (C=O) groups excluding carboxylic acids is 1. The number of amides is 1. The molecule has 1 amide bonds. The van der Waals surface area contributed by atoms with Crippen LogP contribution in [0.5, 0.6) is 0 Å². The highest BCUT2D eigenvalue weighted by Gasteiger charge is 2.18. The fourth-order valence-electron chi connectivity index (χ4n) is 3.70. The summed E-state index contributed by atoms with van der Waals surface area (Å²) in [6.45, 7) is 1.71. The van der Waals surface area contributed by atoms with Crippen LogP contribution < -0.4 is 15.5 Å². The van der Waals surface area contributed by atoms with Crippen molar-refractivity contribution >= 4 is 40.5 Å². The fourth-order valence-corrected chi connectivity index (χ4v) is 4.17. The smallest absolute Gasteiger partial charge is 0.323 e. The Hall–Kier alpha value is -5.23. The number of aryl methyl sites for hydroxylation is 1. The topological polar surface area (TPSA) is 156 Å². The summed E-state index contributed by atoms with van der Waals surface area (Å²) >= 11 is 0.802. The largest absolute Gasteiger partial charge is 0.333 e. The second-order valence-electron chi connectivity index (χ2n) is 8.12. The van der Waals surface area contributed by atoms with Crippen molar-refractivity contribution in [2.45, 2.75) is 6.92 Å². The predicted molar refractivity (Wildman–Crippen MR) is 145 cm³/mol. The number of nitrogens with one attached hydrogen (secondary N) is 3. The van der Waals surface area contributed by atoms with Crippen LogP contribution in [0.25, 0.3) is 22.6 Å². The zero-order chi connectivity index (χ0) is 26.6. The molecule has 5 aromatic rings. The van der Waals surface area contributed by atoms with Crippen LogP contribution >= 0.6 is 11.5 Å². The molecule has 3 heterocycles. The zero-order valence-electron chi connectivity index (χ0n) is 19.8. The Morgan fingerprint density at radius 1 is 0.974 bits per heavy atom. The number of pyridine rings is 2. The molecule has 0 aliphatic heterocycles. The van der Waals surface area contributed by atoms with Crippen LogP contribution in [0.3, 0.4) is 0 Å². The van der Waals surface area contributed by atoms with Crippen LogP contribution in [0, 0.1) is 17.0 Å². The number of carbonyl (C=O) groups is 1. The highest BCUT2D eigenvalue weighted by atomic mass is 32.1. The third-order valence-corrected chi connectivity index (χ3v) is 6.10. The van der Waals surface area contributed by atoms with E-state index in [4.69, 9.17) is 0 Å². The molecule has 0 aliphatic carbocycles. The number of H-pyrrole nitrogens is 1. The number of hydrogen-bond donors (Lipinski definition) is 3. The van der Waals surface area contributed by atoms with Gasteiger partial charge in [0.1, 0.15) is 5.82 Å². The molecule has 188 valence electrons. The van der Waals surface area contributed by atoms with Crippen molar-refractivity contribution in [3.63, 3.8) is 0 Å². The van der Waals surface area contributed by atoms with E-state index >= 15 is 0 Å². The highest BCUT2D eigenvalue weighted by molar-refractivity contribution is 7.03. The zero-order valence-corrected chi connectivity index (χ0v) is 20.7. The molecule has 11 nitrogen and oxygen atoms in total. The van der Waals surface area contributed by atoms with Gasteiger partial charge in [-0.25, -0.2) is 9.97 Å². The standard InChI is InChI=1S/C26H19N7O4S/c1-15-19(28-24-21(33(36)37)12-10-20(29-24)16-6-3-2-4-7-16)11-13-22(27-15)30-25(34)18-9-5-8-17(14-18)23-31-26(35)38-32-23/h2-14H,1H3,(H,28,29)(H,27,30,34)(H,31,32,35). The van der Waals surface area contributed by atoms with Gasteiger partial charge in [-0.3, -0.25) is 24.7 Å². The molecule has 0 saturated carbocycles. The van der Waals surface area contributed by atoms with Crippen molar-refractivity contribution in [2.24, 2.45) is 0 Å². The van der Waals surface area contributed by atoms with Gasteiger partial charge < -0.3 is 10.6 Å². The van der Waals surface area contributed by atoms with E-state index in [2.05, 4.69) is 30.0 Å². The first-order valence-electron chi connectivity index (χ1n) is 11.3. The second kappa shape index (κ2) is 10.4. The van der Waals surface area contributed by atoms with Gasteiger partial charge in [0.25, 0.3) is 5.91 Å². The van der Waals surface area contributed by atoms with E-state index in [1.165, 1.54) is 6.07 Å². The van der Waals surface area contributed by atoms with E-state index in [0.717, 1.165) is 17.1 Å². The summed E-state index contributed by atoms with van der Waals surface area (Å²) in [6.07, 6.45) is 0. The van der Waals surface area contributed by atoms with Gasteiger partial charge in [0.2, 0.25) is 5.82 Å². The van der Waals surface area contributed by atoms with Crippen LogP contribution in [0.15, 0.2) is 83.7 Å². The minimum absolute atomic E-state index is 0.0786. The molecule has 0 bridgehead atoms.